The van der Waals surface area contributed by atoms with Crippen LogP contribution in [-0.4, -0.2) is 51.2 Å². The lowest BCUT2D eigenvalue weighted by molar-refractivity contribution is 0.0932. The van der Waals surface area contributed by atoms with Gasteiger partial charge in [-0.15, -0.1) is 10.2 Å². The Hall–Kier alpha value is -2.84. The van der Waals surface area contributed by atoms with Crippen LogP contribution in [0.15, 0.2) is 49.2 Å². The standard InChI is InChI=1S/C19H20ClFN6O/c1-26(2)8-7-17(13-3-5-15(21)6-4-13)25-19(28)14-9-16(20)18(22-10-14)27-11-23-24-12-27/h3-6,9-12,17H,7-8H2,1-2H3,(H,25,28). The van der Waals surface area contributed by atoms with Crippen LogP contribution in [-0.2, 0) is 0 Å². The molecule has 1 amide bonds. The number of amides is 1. The summed E-state index contributed by atoms with van der Waals surface area (Å²) in [7, 11) is 3.91. The second-order valence-corrected chi connectivity index (χ2v) is 6.98. The molecule has 0 aliphatic carbocycles. The molecule has 1 unspecified atom stereocenters. The first-order valence-corrected chi connectivity index (χ1v) is 9.03. The van der Waals surface area contributed by atoms with Crippen molar-refractivity contribution in [3.05, 3.63) is 71.2 Å². The van der Waals surface area contributed by atoms with Gasteiger partial charge in [0.05, 0.1) is 16.6 Å². The molecule has 28 heavy (non-hydrogen) atoms. The van der Waals surface area contributed by atoms with Crippen LogP contribution in [0.25, 0.3) is 5.82 Å². The fraction of sp³-hybridized carbons (Fsp3) is 0.263. The summed E-state index contributed by atoms with van der Waals surface area (Å²) in [5, 5.41) is 10.7. The second-order valence-electron chi connectivity index (χ2n) is 6.57. The number of halogens is 2. The van der Waals surface area contributed by atoms with Gasteiger partial charge in [-0.3, -0.25) is 9.36 Å². The van der Waals surface area contributed by atoms with Gasteiger partial charge >= 0.3 is 0 Å². The Morgan fingerprint density at radius 3 is 2.54 bits per heavy atom. The van der Waals surface area contributed by atoms with Crippen molar-refractivity contribution in [3.8, 4) is 5.82 Å². The first-order chi connectivity index (χ1) is 13.4. The molecule has 3 aromatic rings. The van der Waals surface area contributed by atoms with Crippen LogP contribution >= 0.6 is 11.6 Å². The van der Waals surface area contributed by atoms with E-state index in [4.69, 9.17) is 11.6 Å². The Bertz CT molecular complexity index is 930. The first kappa shape index (κ1) is 19.9. The summed E-state index contributed by atoms with van der Waals surface area (Å²) in [5.74, 6) is -0.189. The minimum absolute atomic E-state index is 0.271. The third-order valence-electron chi connectivity index (χ3n) is 4.19. The summed E-state index contributed by atoms with van der Waals surface area (Å²) in [5.41, 5.74) is 1.16. The number of pyridine rings is 1. The Morgan fingerprint density at radius 2 is 1.93 bits per heavy atom. The van der Waals surface area contributed by atoms with E-state index in [9.17, 15) is 9.18 Å². The van der Waals surface area contributed by atoms with Gasteiger partial charge in [-0.1, -0.05) is 23.7 Å². The normalized spacial score (nSPS) is 12.2. The van der Waals surface area contributed by atoms with E-state index in [1.54, 1.807) is 22.8 Å². The smallest absolute Gasteiger partial charge is 0.253 e. The molecule has 1 aromatic carbocycles. The molecule has 146 valence electrons. The average Bonchev–Trinajstić information content (AvgIpc) is 3.20. The maximum atomic E-state index is 13.3. The Labute approximate surface area is 167 Å². The number of nitrogens with zero attached hydrogens (tertiary/aromatic N) is 5. The van der Waals surface area contributed by atoms with E-state index in [2.05, 4.69) is 20.5 Å². The van der Waals surface area contributed by atoms with Gasteiger partial charge in [0.15, 0.2) is 5.82 Å². The molecule has 2 aromatic heterocycles. The molecular formula is C19H20ClFN6O. The molecule has 0 bridgehead atoms. The van der Waals surface area contributed by atoms with E-state index in [1.165, 1.54) is 31.0 Å². The molecule has 0 radical (unpaired) electrons. The first-order valence-electron chi connectivity index (χ1n) is 8.65. The lowest BCUT2D eigenvalue weighted by Crippen LogP contribution is -2.31. The third-order valence-corrected chi connectivity index (χ3v) is 4.47. The van der Waals surface area contributed by atoms with E-state index in [0.29, 0.717) is 22.8 Å². The summed E-state index contributed by atoms with van der Waals surface area (Å²) in [6.45, 7) is 0.758. The molecule has 0 spiro atoms. The van der Waals surface area contributed by atoms with Crippen LogP contribution in [0.4, 0.5) is 4.39 Å². The third kappa shape index (κ3) is 4.90. The van der Waals surface area contributed by atoms with Crippen LogP contribution in [0.1, 0.15) is 28.4 Å². The molecule has 1 atom stereocenters. The van der Waals surface area contributed by atoms with E-state index < -0.39 is 0 Å². The lowest BCUT2D eigenvalue weighted by atomic mass is 10.0. The van der Waals surface area contributed by atoms with Crippen molar-refractivity contribution in [1.29, 1.82) is 0 Å². The number of carbonyl (C=O) groups is 1. The molecule has 0 saturated heterocycles. The molecule has 0 saturated carbocycles. The monoisotopic (exact) mass is 402 g/mol. The molecule has 1 N–H and O–H groups in total. The van der Waals surface area contributed by atoms with E-state index >= 15 is 0 Å². The summed E-state index contributed by atoms with van der Waals surface area (Å²) in [4.78, 5) is 19.0. The van der Waals surface area contributed by atoms with Crippen molar-refractivity contribution in [1.82, 2.24) is 30.0 Å². The zero-order valence-corrected chi connectivity index (χ0v) is 16.3. The topological polar surface area (TPSA) is 75.9 Å². The Balaban J connectivity index is 1.79. The fourth-order valence-corrected chi connectivity index (χ4v) is 2.97. The van der Waals surface area contributed by atoms with Gasteiger partial charge in [0, 0.05) is 6.20 Å². The number of hydrogen-bond donors (Lipinski definition) is 1. The van der Waals surface area contributed by atoms with Gasteiger partial charge in [-0.25, -0.2) is 9.37 Å². The minimum atomic E-state index is -0.318. The predicted octanol–water partition coefficient (Wildman–Crippen LogP) is 2.88. The van der Waals surface area contributed by atoms with Crippen LogP contribution in [0.5, 0.6) is 0 Å². The molecule has 3 rings (SSSR count). The van der Waals surface area contributed by atoms with Crippen molar-refractivity contribution in [2.24, 2.45) is 0 Å². The average molecular weight is 403 g/mol. The molecule has 0 aliphatic heterocycles. The van der Waals surface area contributed by atoms with Gasteiger partial charge in [-0.05, 0) is 50.8 Å². The SMILES string of the molecule is CN(C)CCC(NC(=O)c1cnc(-n2cnnc2)c(Cl)c1)c1ccc(F)cc1. The lowest BCUT2D eigenvalue weighted by Gasteiger charge is -2.21. The van der Waals surface area contributed by atoms with Crippen molar-refractivity contribution in [3.63, 3.8) is 0 Å². The zero-order chi connectivity index (χ0) is 20.1. The van der Waals surface area contributed by atoms with E-state index in [0.717, 1.165) is 12.1 Å². The molecule has 9 heteroatoms. The van der Waals surface area contributed by atoms with Crippen LogP contribution in [0, 0.1) is 5.82 Å². The highest BCUT2D eigenvalue weighted by atomic mass is 35.5. The maximum Gasteiger partial charge on any atom is 0.253 e. The summed E-state index contributed by atoms with van der Waals surface area (Å²) in [6.07, 6.45) is 5.06. The van der Waals surface area contributed by atoms with Gasteiger partial charge in [-0.2, -0.15) is 0 Å². The second kappa shape index (κ2) is 8.90. The highest BCUT2D eigenvalue weighted by molar-refractivity contribution is 6.32. The molecule has 0 aliphatic rings. The quantitative estimate of drug-likeness (QED) is 0.657. The maximum absolute atomic E-state index is 13.3. The highest BCUT2D eigenvalue weighted by Gasteiger charge is 2.18. The number of rotatable bonds is 7. The summed E-state index contributed by atoms with van der Waals surface area (Å²) >= 11 is 6.27. The summed E-state index contributed by atoms with van der Waals surface area (Å²) < 4.78 is 14.8. The van der Waals surface area contributed by atoms with Crippen molar-refractivity contribution in [2.45, 2.75) is 12.5 Å². The van der Waals surface area contributed by atoms with Crippen molar-refractivity contribution >= 4 is 17.5 Å². The van der Waals surface area contributed by atoms with E-state index in [-0.39, 0.29) is 17.8 Å². The number of aromatic nitrogens is 4. The molecule has 0 fully saturated rings. The van der Waals surface area contributed by atoms with Crippen LogP contribution < -0.4 is 5.32 Å². The van der Waals surface area contributed by atoms with Gasteiger partial charge in [0.1, 0.15) is 18.5 Å². The zero-order valence-electron chi connectivity index (χ0n) is 15.5. The van der Waals surface area contributed by atoms with Crippen LogP contribution in [0.3, 0.4) is 0 Å². The molecular weight excluding hydrogens is 383 g/mol. The number of carbonyl (C=O) groups excluding carboxylic acids is 1. The molecule has 2 heterocycles. The number of hydrogen-bond acceptors (Lipinski definition) is 5. The molecule has 7 nitrogen and oxygen atoms in total. The van der Waals surface area contributed by atoms with Gasteiger partial charge in [0.2, 0.25) is 0 Å². The van der Waals surface area contributed by atoms with Gasteiger partial charge < -0.3 is 10.2 Å². The minimum Gasteiger partial charge on any atom is -0.345 e. The Morgan fingerprint density at radius 1 is 1.25 bits per heavy atom. The van der Waals surface area contributed by atoms with E-state index in [1.807, 2.05) is 19.0 Å². The predicted molar refractivity (Wildman–Crippen MR) is 104 cm³/mol. The Kier molecular flexibility index (Phi) is 6.33. The fourth-order valence-electron chi connectivity index (χ4n) is 2.70. The number of nitrogens with one attached hydrogen (secondary N) is 1. The van der Waals surface area contributed by atoms with Crippen LogP contribution in [0.2, 0.25) is 5.02 Å². The summed E-state index contributed by atoms with van der Waals surface area (Å²) in [6, 6.07) is 7.40. The van der Waals surface area contributed by atoms with Gasteiger partial charge in [0.25, 0.3) is 5.91 Å². The largest absolute Gasteiger partial charge is 0.345 e. The highest BCUT2D eigenvalue weighted by Crippen LogP contribution is 2.21. The van der Waals surface area contributed by atoms with Crippen molar-refractivity contribution in [2.75, 3.05) is 20.6 Å². The van der Waals surface area contributed by atoms with Crippen molar-refractivity contribution < 1.29 is 9.18 Å². The number of benzene rings is 1.